The molecule has 0 saturated heterocycles. The summed E-state index contributed by atoms with van der Waals surface area (Å²) in [5, 5.41) is 5.58. The molecule has 1 rings (SSSR count). The average molecular weight is 321 g/mol. The summed E-state index contributed by atoms with van der Waals surface area (Å²) in [6.45, 7) is 8.14. The molecule has 0 amide bonds. The van der Waals surface area contributed by atoms with Crippen molar-refractivity contribution in [1.29, 1.82) is 0 Å². The topological polar surface area (TPSA) is 24.5 Å². The Kier molecular flexibility index (Phi) is 8.05. The monoisotopic (exact) mass is 320 g/mol. The molecule has 0 aromatic carbocycles. The molecule has 0 atom stereocenters. The number of nitrogens with zero attached hydrogens (tertiary/aromatic N) is 1. The van der Waals surface area contributed by atoms with Gasteiger partial charge in [-0.3, -0.25) is 0 Å². The lowest BCUT2D eigenvalue weighted by Crippen LogP contribution is -2.34. The van der Waals surface area contributed by atoms with Crippen LogP contribution in [-0.4, -0.2) is 44.8 Å². The van der Waals surface area contributed by atoms with Gasteiger partial charge in [0.1, 0.15) is 0 Å². The highest BCUT2D eigenvalue weighted by atomic mass is 79.9. The Balaban J connectivity index is 2.09. The molecule has 98 valence electrons. The van der Waals surface area contributed by atoms with Gasteiger partial charge in [0.05, 0.1) is 6.61 Å². The summed E-state index contributed by atoms with van der Waals surface area (Å²) in [6, 6.07) is 2.17. The third-order valence-electron chi connectivity index (χ3n) is 2.58. The minimum atomic E-state index is 0.811. The molecular weight excluding hydrogens is 300 g/mol. The van der Waals surface area contributed by atoms with Crippen molar-refractivity contribution in [2.45, 2.75) is 13.5 Å². The van der Waals surface area contributed by atoms with Gasteiger partial charge in [-0.1, -0.05) is 6.92 Å². The number of methoxy groups -OCH3 is 1. The molecule has 0 aliphatic carbocycles. The van der Waals surface area contributed by atoms with Crippen LogP contribution in [0.3, 0.4) is 0 Å². The van der Waals surface area contributed by atoms with E-state index >= 15 is 0 Å². The molecular formula is C12H21BrN2OS. The van der Waals surface area contributed by atoms with Crippen LogP contribution in [0.5, 0.6) is 0 Å². The summed E-state index contributed by atoms with van der Waals surface area (Å²) in [4.78, 5) is 3.76. The fourth-order valence-corrected chi connectivity index (χ4v) is 2.96. The Morgan fingerprint density at radius 1 is 1.47 bits per heavy atom. The fraction of sp³-hybridized carbons (Fsp3) is 0.667. The molecule has 17 heavy (non-hydrogen) atoms. The molecule has 0 aliphatic heterocycles. The van der Waals surface area contributed by atoms with Crippen molar-refractivity contribution in [2.75, 3.05) is 39.9 Å². The van der Waals surface area contributed by atoms with Gasteiger partial charge in [0, 0.05) is 48.0 Å². The zero-order valence-electron chi connectivity index (χ0n) is 10.5. The molecule has 1 aromatic heterocycles. The summed E-state index contributed by atoms with van der Waals surface area (Å²) in [5.74, 6) is 0. The molecule has 0 saturated carbocycles. The molecule has 5 heteroatoms. The van der Waals surface area contributed by atoms with Gasteiger partial charge < -0.3 is 15.0 Å². The van der Waals surface area contributed by atoms with Crippen LogP contribution in [0.1, 0.15) is 11.8 Å². The van der Waals surface area contributed by atoms with E-state index in [4.69, 9.17) is 4.74 Å². The van der Waals surface area contributed by atoms with E-state index in [2.05, 4.69) is 44.5 Å². The maximum atomic E-state index is 5.09. The second-order valence-electron chi connectivity index (χ2n) is 3.84. The lowest BCUT2D eigenvalue weighted by molar-refractivity contribution is 0.151. The summed E-state index contributed by atoms with van der Waals surface area (Å²) >= 11 is 5.25. The standard InChI is InChI=1S/C12H21BrN2OS/c1-3-15(6-7-16-2)5-4-14-9-12-8-11(13)10-17-12/h8,10,14H,3-7,9H2,1-2H3. The van der Waals surface area contributed by atoms with Crippen molar-refractivity contribution in [3.8, 4) is 0 Å². The molecule has 0 radical (unpaired) electrons. The highest BCUT2D eigenvalue weighted by Gasteiger charge is 2.01. The normalized spacial score (nSPS) is 11.3. The molecule has 0 spiro atoms. The van der Waals surface area contributed by atoms with E-state index in [0.717, 1.165) is 39.3 Å². The smallest absolute Gasteiger partial charge is 0.0589 e. The van der Waals surface area contributed by atoms with Gasteiger partial charge in [0.2, 0.25) is 0 Å². The van der Waals surface area contributed by atoms with Gasteiger partial charge in [-0.2, -0.15) is 0 Å². The lowest BCUT2D eigenvalue weighted by atomic mass is 10.4. The van der Waals surface area contributed by atoms with Gasteiger partial charge in [0.15, 0.2) is 0 Å². The first-order valence-corrected chi connectivity index (χ1v) is 7.58. The van der Waals surface area contributed by atoms with E-state index < -0.39 is 0 Å². The third kappa shape index (κ3) is 6.52. The first kappa shape index (κ1) is 15.1. The minimum absolute atomic E-state index is 0.811. The van der Waals surface area contributed by atoms with E-state index in [1.165, 1.54) is 9.35 Å². The van der Waals surface area contributed by atoms with E-state index in [1.54, 1.807) is 18.4 Å². The summed E-state index contributed by atoms with van der Waals surface area (Å²) in [5.41, 5.74) is 0. The Morgan fingerprint density at radius 2 is 2.29 bits per heavy atom. The first-order chi connectivity index (χ1) is 8.26. The van der Waals surface area contributed by atoms with Crippen LogP contribution in [0, 0.1) is 0 Å². The maximum Gasteiger partial charge on any atom is 0.0589 e. The van der Waals surface area contributed by atoms with Gasteiger partial charge in [0.25, 0.3) is 0 Å². The predicted octanol–water partition coefficient (Wildman–Crippen LogP) is 2.57. The number of likely N-dealkylation sites (N-methyl/N-ethyl adjacent to an activating group) is 1. The minimum Gasteiger partial charge on any atom is -0.383 e. The number of halogens is 1. The van der Waals surface area contributed by atoms with Crippen LogP contribution in [0.15, 0.2) is 15.9 Å². The van der Waals surface area contributed by atoms with Crippen LogP contribution < -0.4 is 5.32 Å². The van der Waals surface area contributed by atoms with Crippen molar-refractivity contribution < 1.29 is 4.74 Å². The van der Waals surface area contributed by atoms with Gasteiger partial charge in [-0.15, -0.1) is 11.3 Å². The largest absolute Gasteiger partial charge is 0.383 e. The average Bonchev–Trinajstić information content (AvgIpc) is 2.74. The maximum absolute atomic E-state index is 5.09. The van der Waals surface area contributed by atoms with E-state index in [0.29, 0.717) is 0 Å². The third-order valence-corrected chi connectivity index (χ3v) is 4.28. The van der Waals surface area contributed by atoms with Crippen LogP contribution in [0.2, 0.25) is 0 Å². The second kappa shape index (κ2) is 9.05. The zero-order valence-corrected chi connectivity index (χ0v) is 12.9. The molecule has 0 bridgehead atoms. The fourth-order valence-electron chi connectivity index (χ4n) is 1.54. The van der Waals surface area contributed by atoms with E-state index in [9.17, 15) is 0 Å². The SMILES string of the molecule is CCN(CCNCc1cc(Br)cs1)CCOC. The number of hydrogen-bond donors (Lipinski definition) is 1. The number of ether oxygens (including phenoxy) is 1. The van der Waals surface area contributed by atoms with E-state index in [1.807, 2.05) is 0 Å². The van der Waals surface area contributed by atoms with Crippen molar-refractivity contribution >= 4 is 27.3 Å². The zero-order chi connectivity index (χ0) is 12.5. The van der Waals surface area contributed by atoms with Crippen molar-refractivity contribution in [2.24, 2.45) is 0 Å². The Hall–Kier alpha value is 0.0600. The molecule has 3 nitrogen and oxygen atoms in total. The second-order valence-corrected chi connectivity index (χ2v) is 5.75. The molecule has 0 aliphatic rings. The summed E-state index contributed by atoms with van der Waals surface area (Å²) < 4.78 is 6.26. The highest BCUT2D eigenvalue weighted by Crippen LogP contribution is 2.19. The number of rotatable bonds is 9. The first-order valence-electron chi connectivity index (χ1n) is 5.91. The summed E-state index contributed by atoms with van der Waals surface area (Å²) in [7, 11) is 1.75. The molecule has 0 unspecified atom stereocenters. The number of thiophene rings is 1. The molecule has 1 N–H and O–H groups in total. The van der Waals surface area contributed by atoms with Gasteiger partial charge in [-0.05, 0) is 28.5 Å². The van der Waals surface area contributed by atoms with Crippen LogP contribution in [-0.2, 0) is 11.3 Å². The van der Waals surface area contributed by atoms with Crippen LogP contribution in [0.4, 0.5) is 0 Å². The Bertz CT molecular complexity index is 306. The molecule has 1 aromatic rings. The summed E-state index contributed by atoms with van der Waals surface area (Å²) in [6.07, 6.45) is 0. The van der Waals surface area contributed by atoms with Crippen molar-refractivity contribution in [3.05, 3.63) is 20.8 Å². The lowest BCUT2D eigenvalue weighted by Gasteiger charge is -2.19. The predicted molar refractivity (Wildman–Crippen MR) is 77.7 cm³/mol. The quantitative estimate of drug-likeness (QED) is 0.708. The molecule has 0 fully saturated rings. The molecule has 1 heterocycles. The van der Waals surface area contributed by atoms with Gasteiger partial charge in [-0.25, -0.2) is 0 Å². The van der Waals surface area contributed by atoms with E-state index in [-0.39, 0.29) is 0 Å². The Labute approximate surface area is 116 Å². The number of hydrogen-bond acceptors (Lipinski definition) is 4. The Morgan fingerprint density at radius 3 is 2.88 bits per heavy atom. The van der Waals surface area contributed by atoms with Crippen LogP contribution in [0.25, 0.3) is 0 Å². The van der Waals surface area contributed by atoms with Crippen molar-refractivity contribution in [1.82, 2.24) is 10.2 Å². The number of nitrogens with one attached hydrogen (secondary N) is 1. The van der Waals surface area contributed by atoms with Crippen molar-refractivity contribution in [3.63, 3.8) is 0 Å². The van der Waals surface area contributed by atoms with Crippen LogP contribution >= 0.6 is 27.3 Å². The highest BCUT2D eigenvalue weighted by molar-refractivity contribution is 9.10. The van der Waals surface area contributed by atoms with Gasteiger partial charge >= 0.3 is 0 Å².